The average Bonchev–Trinajstić information content (AvgIpc) is 3.33. The Morgan fingerprint density at radius 1 is 1.26 bits per heavy atom. The van der Waals surface area contributed by atoms with Crippen LogP contribution in [0.3, 0.4) is 0 Å². The zero-order valence-corrected chi connectivity index (χ0v) is 18.6. The molecule has 0 radical (unpaired) electrons. The summed E-state index contributed by atoms with van der Waals surface area (Å²) in [7, 11) is 0. The number of rotatable bonds is 3. The second-order valence-electron chi connectivity index (χ2n) is 8.85. The minimum absolute atomic E-state index is 0.214. The summed E-state index contributed by atoms with van der Waals surface area (Å²) < 4.78 is 5.53. The summed E-state index contributed by atoms with van der Waals surface area (Å²) in [5.41, 5.74) is 0.376. The number of carbonyl (C=O) groups excluding carboxylic acids is 2. The maximum atomic E-state index is 13.3. The van der Waals surface area contributed by atoms with E-state index in [1.807, 2.05) is 6.07 Å². The minimum Gasteiger partial charge on any atom is -0.444 e. The Morgan fingerprint density at radius 3 is 2.61 bits per heavy atom. The van der Waals surface area contributed by atoms with Crippen molar-refractivity contribution >= 4 is 29.3 Å². The Morgan fingerprint density at radius 2 is 2.00 bits per heavy atom. The van der Waals surface area contributed by atoms with E-state index in [-0.39, 0.29) is 18.5 Å². The van der Waals surface area contributed by atoms with Crippen molar-refractivity contribution in [2.75, 3.05) is 18.4 Å². The monoisotopic (exact) mass is 443 g/mol. The van der Waals surface area contributed by atoms with Crippen LogP contribution in [-0.2, 0) is 9.53 Å². The smallest absolute Gasteiger partial charge is 0.411 e. The van der Waals surface area contributed by atoms with Crippen LogP contribution < -0.4 is 5.32 Å². The third kappa shape index (κ3) is 5.21. The van der Waals surface area contributed by atoms with Gasteiger partial charge in [-0.25, -0.2) is 4.79 Å². The average molecular weight is 444 g/mol. The molecule has 0 spiro atoms. The summed E-state index contributed by atoms with van der Waals surface area (Å²) in [5.74, 6) is -0.225. The van der Waals surface area contributed by atoms with Crippen molar-refractivity contribution in [3.63, 3.8) is 0 Å². The maximum absolute atomic E-state index is 13.3. The van der Waals surface area contributed by atoms with Crippen LogP contribution in [0, 0.1) is 22.7 Å². The highest BCUT2D eigenvalue weighted by Crippen LogP contribution is 2.29. The van der Waals surface area contributed by atoms with E-state index in [9.17, 15) is 14.9 Å². The van der Waals surface area contributed by atoms with E-state index in [1.165, 1.54) is 4.90 Å². The first-order chi connectivity index (χ1) is 14.6. The van der Waals surface area contributed by atoms with Gasteiger partial charge in [0.2, 0.25) is 5.91 Å². The topological polar surface area (TPSA) is 109 Å². The number of carbonyl (C=O) groups is 2. The van der Waals surface area contributed by atoms with Crippen LogP contribution in [0.1, 0.15) is 45.6 Å². The molecule has 0 bridgehead atoms. The molecule has 2 fully saturated rings. The Balaban J connectivity index is 1.80. The molecular formula is C22H26ClN5O3. The van der Waals surface area contributed by atoms with Gasteiger partial charge in [-0.3, -0.25) is 9.69 Å². The molecule has 0 saturated carbocycles. The van der Waals surface area contributed by atoms with E-state index in [2.05, 4.69) is 11.4 Å². The molecule has 0 aromatic heterocycles. The molecule has 1 aromatic carbocycles. The Labute approximate surface area is 187 Å². The number of nitrogens with one attached hydrogen (secondary N) is 1. The molecular weight excluding hydrogens is 418 g/mol. The first-order valence-corrected chi connectivity index (χ1v) is 10.7. The fraction of sp³-hybridized carbons (Fsp3) is 0.545. The van der Waals surface area contributed by atoms with Gasteiger partial charge in [0.15, 0.2) is 0 Å². The molecule has 1 N–H and O–H groups in total. The highest BCUT2D eigenvalue weighted by Gasteiger charge is 2.45. The third-order valence-corrected chi connectivity index (χ3v) is 5.67. The molecule has 2 aliphatic rings. The molecule has 8 nitrogen and oxygen atoms in total. The van der Waals surface area contributed by atoms with E-state index in [1.54, 1.807) is 43.9 Å². The van der Waals surface area contributed by atoms with Crippen molar-refractivity contribution in [1.29, 1.82) is 10.5 Å². The van der Waals surface area contributed by atoms with Crippen molar-refractivity contribution < 1.29 is 14.3 Å². The second kappa shape index (κ2) is 9.03. The van der Waals surface area contributed by atoms with E-state index in [0.717, 1.165) is 6.42 Å². The van der Waals surface area contributed by atoms with Crippen molar-refractivity contribution in [2.24, 2.45) is 0 Å². The number of halogens is 1. The number of hydrogen-bond donors (Lipinski definition) is 1. The number of hydrogen-bond acceptors (Lipinski definition) is 6. The van der Waals surface area contributed by atoms with E-state index in [0.29, 0.717) is 35.7 Å². The highest BCUT2D eigenvalue weighted by atomic mass is 35.5. The fourth-order valence-electron chi connectivity index (χ4n) is 3.98. The lowest BCUT2D eigenvalue weighted by Crippen LogP contribution is -2.50. The summed E-state index contributed by atoms with van der Waals surface area (Å²) in [5, 5.41) is 22.1. The SMILES string of the molecule is CC(C)(C)OC(=O)N1C[C@@H](Nc2ccc(C#N)c(Cl)c2)C[C@H]1C(=O)N1CCCC1C#N. The summed E-state index contributed by atoms with van der Waals surface area (Å²) in [4.78, 5) is 29.2. The molecule has 1 unspecified atom stereocenters. The van der Waals surface area contributed by atoms with E-state index in [4.69, 9.17) is 21.6 Å². The van der Waals surface area contributed by atoms with Crippen molar-refractivity contribution in [2.45, 2.75) is 63.8 Å². The summed E-state index contributed by atoms with van der Waals surface area (Å²) in [6, 6.07) is 7.82. The summed E-state index contributed by atoms with van der Waals surface area (Å²) in [6.07, 6.45) is 1.24. The number of nitrogens with zero attached hydrogens (tertiary/aromatic N) is 4. The van der Waals surface area contributed by atoms with Gasteiger partial charge in [0.1, 0.15) is 23.8 Å². The molecule has 3 rings (SSSR count). The Kier molecular flexibility index (Phi) is 6.62. The molecule has 0 aliphatic carbocycles. The number of nitriles is 2. The van der Waals surface area contributed by atoms with Crippen LogP contribution in [0.2, 0.25) is 5.02 Å². The minimum atomic E-state index is -0.713. The van der Waals surface area contributed by atoms with E-state index >= 15 is 0 Å². The van der Waals surface area contributed by atoms with Crippen LogP contribution in [0.15, 0.2) is 18.2 Å². The molecule has 1 aromatic rings. The fourth-order valence-corrected chi connectivity index (χ4v) is 4.21. The Hall–Kier alpha value is -2.97. The normalized spacial score (nSPS) is 23.2. The van der Waals surface area contributed by atoms with Crippen LogP contribution >= 0.6 is 11.6 Å². The van der Waals surface area contributed by atoms with Crippen LogP contribution in [-0.4, -0.2) is 58.6 Å². The van der Waals surface area contributed by atoms with Crippen molar-refractivity contribution in [3.8, 4) is 12.1 Å². The van der Waals surface area contributed by atoms with Gasteiger partial charge in [-0.1, -0.05) is 11.6 Å². The molecule has 31 heavy (non-hydrogen) atoms. The lowest BCUT2D eigenvalue weighted by Gasteiger charge is -2.30. The number of anilines is 1. The van der Waals surface area contributed by atoms with Gasteiger partial charge in [-0.15, -0.1) is 0 Å². The van der Waals surface area contributed by atoms with Gasteiger partial charge in [-0.05, 0) is 58.2 Å². The largest absolute Gasteiger partial charge is 0.444 e. The van der Waals surface area contributed by atoms with Crippen molar-refractivity contribution in [1.82, 2.24) is 9.80 Å². The Bertz CT molecular complexity index is 946. The standard InChI is InChI=1S/C22H26ClN5O3/c1-22(2,3)31-21(30)28-13-16(26-15-7-6-14(11-24)18(23)9-15)10-19(28)20(29)27-8-4-5-17(27)12-25/h6-7,9,16-17,19,26H,4-5,8,10,13H2,1-3H3/t16-,17?,19-/m0/s1. The van der Waals surface area contributed by atoms with Gasteiger partial charge < -0.3 is 15.0 Å². The van der Waals surface area contributed by atoms with Gasteiger partial charge in [0.25, 0.3) is 0 Å². The van der Waals surface area contributed by atoms with Crippen LogP contribution in [0.25, 0.3) is 0 Å². The molecule has 2 amide bonds. The quantitative estimate of drug-likeness (QED) is 0.765. The molecule has 2 heterocycles. The van der Waals surface area contributed by atoms with Gasteiger partial charge in [0, 0.05) is 24.8 Å². The van der Waals surface area contributed by atoms with Crippen LogP contribution in [0.5, 0.6) is 0 Å². The maximum Gasteiger partial charge on any atom is 0.411 e. The van der Waals surface area contributed by atoms with Gasteiger partial charge >= 0.3 is 6.09 Å². The number of amides is 2. The molecule has 9 heteroatoms. The van der Waals surface area contributed by atoms with Gasteiger partial charge in [0.05, 0.1) is 16.7 Å². The van der Waals surface area contributed by atoms with Crippen molar-refractivity contribution in [3.05, 3.63) is 28.8 Å². The number of benzene rings is 1. The predicted octanol–water partition coefficient (Wildman–Crippen LogP) is 3.52. The molecule has 2 saturated heterocycles. The lowest BCUT2D eigenvalue weighted by molar-refractivity contribution is -0.135. The number of likely N-dealkylation sites (tertiary alicyclic amines) is 2. The lowest BCUT2D eigenvalue weighted by atomic mass is 10.1. The third-order valence-electron chi connectivity index (χ3n) is 5.36. The first-order valence-electron chi connectivity index (χ1n) is 10.3. The van der Waals surface area contributed by atoms with E-state index < -0.39 is 23.8 Å². The van der Waals surface area contributed by atoms with Gasteiger partial charge in [-0.2, -0.15) is 10.5 Å². The first kappa shape index (κ1) is 22.7. The zero-order chi connectivity index (χ0) is 22.8. The molecule has 3 atom stereocenters. The zero-order valence-electron chi connectivity index (χ0n) is 17.9. The molecule has 164 valence electrons. The summed E-state index contributed by atoms with van der Waals surface area (Å²) >= 11 is 6.13. The number of ether oxygens (including phenoxy) is 1. The predicted molar refractivity (Wildman–Crippen MR) is 115 cm³/mol. The molecule has 2 aliphatic heterocycles. The summed E-state index contributed by atoms with van der Waals surface area (Å²) in [6.45, 7) is 6.11. The second-order valence-corrected chi connectivity index (χ2v) is 9.26. The highest BCUT2D eigenvalue weighted by molar-refractivity contribution is 6.32. The van der Waals surface area contributed by atoms with Crippen LogP contribution in [0.4, 0.5) is 10.5 Å².